The van der Waals surface area contributed by atoms with Crippen molar-refractivity contribution in [3.8, 4) is 0 Å². The summed E-state index contributed by atoms with van der Waals surface area (Å²) in [6.45, 7) is 6.24. The van der Waals surface area contributed by atoms with Crippen molar-refractivity contribution in [1.82, 2.24) is 0 Å². The van der Waals surface area contributed by atoms with Crippen molar-refractivity contribution in [3.05, 3.63) is 96.1 Å². The van der Waals surface area contributed by atoms with Gasteiger partial charge in [0.25, 0.3) is 11.7 Å². The molecule has 5 nitrogen and oxygen atoms in total. The number of aromatic amines is 1. The molecule has 0 fully saturated rings. The molecular formula is C27H27N4O+. The van der Waals surface area contributed by atoms with Gasteiger partial charge in [-0.15, -0.1) is 0 Å². The van der Waals surface area contributed by atoms with Crippen LogP contribution in [-0.2, 0) is 0 Å². The molecule has 0 radical (unpaired) electrons. The van der Waals surface area contributed by atoms with Crippen LogP contribution in [0, 0.1) is 0 Å². The molecule has 0 aliphatic carbocycles. The minimum atomic E-state index is -0.319. The van der Waals surface area contributed by atoms with E-state index < -0.39 is 0 Å². The van der Waals surface area contributed by atoms with E-state index in [4.69, 9.17) is 0 Å². The molecule has 160 valence electrons. The van der Waals surface area contributed by atoms with Gasteiger partial charge in [0.15, 0.2) is 0 Å². The van der Waals surface area contributed by atoms with Crippen LogP contribution < -0.4 is 20.1 Å². The molecule has 1 atom stereocenters. The Kier molecular flexibility index (Phi) is 5.23. The van der Waals surface area contributed by atoms with Crippen molar-refractivity contribution in [3.63, 3.8) is 0 Å². The van der Waals surface area contributed by atoms with E-state index in [-0.39, 0.29) is 12.1 Å². The van der Waals surface area contributed by atoms with Crippen molar-refractivity contribution in [2.24, 2.45) is 0 Å². The highest BCUT2D eigenvalue weighted by Crippen LogP contribution is 2.36. The lowest BCUT2D eigenvalue weighted by atomic mass is 10.0. The summed E-state index contributed by atoms with van der Waals surface area (Å²) in [7, 11) is 0. The fourth-order valence-corrected chi connectivity index (χ4v) is 4.44. The molecule has 0 saturated carbocycles. The second-order valence-corrected chi connectivity index (χ2v) is 7.97. The summed E-state index contributed by atoms with van der Waals surface area (Å²) in [5.41, 5.74) is 4.72. The highest BCUT2D eigenvalue weighted by molar-refractivity contribution is 6.12. The normalized spacial score (nSPS) is 15.4. The average Bonchev–Trinajstić information content (AvgIpc) is 2.85. The van der Waals surface area contributed by atoms with Crippen LogP contribution in [0.1, 0.15) is 35.9 Å². The van der Waals surface area contributed by atoms with E-state index in [1.54, 1.807) is 0 Å². The van der Waals surface area contributed by atoms with Crippen molar-refractivity contribution >= 4 is 34.0 Å². The number of rotatable bonds is 5. The van der Waals surface area contributed by atoms with Crippen LogP contribution in [0.25, 0.3) is 10.9 Å². The Morgan fingerprint density at radius 3 is 2.31 bits per heavy atom. The highest BCUT2D eigenvalue weighted by Gasteiger charge is 2.39. The third kappa shape index (κ3) is 3.46. The molecule has 2 heterocycles. The van der Waals surface area contributed by atoms with Crippen LogP contribution in [0.15, 0.2) is 84.9 Å². The van der Waals surface area contributed by atoms with E-state index in [1.165, 1.54) is 5.69 Å². The first-order valence-corrected chi connectivity index (χ1v) is 11.1. The topological polar surface area (TPSA) is 49.7 Å². The lowest BCUT2D eigenvalue weighted by Gasteiger charge is -2.34. The number of carbonyl (C=O) groups is 1. The second kappa shape index (κ2) is 8.35. The monoisotopic (exact) mass is 423 g/mol. The number of nitrogens with zero attached hydrogens (tertiary/aromatic N) is 2. The Labute approximate surface area is 188 Å². The zero-order chi connectivity index (χ0) is 22.1. The molecule has 5 rings (SSSR count). The van der Waals surface area contributed by atoms with Crippen molar-refractivity contribution in [2.75, 3.05) is 28.2 Å². The average molecular weight is 424 g/mol. The summed E-state index contributed by atoms with van der Waals surface area (Å²) < 4.78 is 0. The maximum atomic E-state index is 13.8. The van der Waals surface area contributed by atoms with Crippen molar-refractivity contribution in [1.29, 1.82) is 0 Å². The number of fused-ring (bicyclic) bond motifs is 2. The van der Waals surface area contributed by atoms with Gasteiger partial charge in [-0.25, -0.2) is 10.3 Å². The van der Waals surface area contributed by atoms with Crippen LogP contribution >= 0.6 is 0 Å². The van der Waals surface area contributed by atoms with Gasteiger partial charge in [-0.2, -0.15) is 0 Å². The number of benzene rings is 3. The van der Waals surface area contributed by atoms with Gasteiger partial charge >= 0.3 is 0 Å². The molecule has 0 saturated heterocycles. The fourth-order valence-electron chi connectivity index (χ4n) is 4.44. The number of para-hydroxylation sites is 2. The van der Waals surface area contributed by atoms with Gasteiger partial charge in [-0.05, 0) is 50.2 Å². The third-order valence-electron chi connectivity index (χ3n) is 6.15. The van der Waals surface area contributed by atoms with Gasteiger partial charge < -0.3 is 4.90 Å². The van der Waals surface area contributed by atoms with Gasteiger partial charge in [0.2, 0.25) is 6.17 Å². The fraction of sp³-hybridized carbons (Fsp3) is 0.185. The Balaban J connectivity index is 1.61. The molecule has 1 aliphatic rings. The SMILES string of the molecule is CCN(CC)c1ccc([C@H]2Nc3[nH+]c4ccccc4cc3C(=O)N2c2ccccc2)cc1. The van der Waals surface area contributed by atoms with E-state index in [1.807, 2.05) is 65.6 Å². The minimum absolute atomic E-state index is 0.0234. The largest absolute Gasteiger partial charge is 0.372 e. The molecule has 2 N–H and O–H groups in total. The number of hydrogen-bond acceptors (Lipinski definition) is 3. The summed E-state index contributed by atoms with van der Waals surface area (Å²) in [5, 5.41) is 4.61. The Hall–Kier alpha value is -3.86. The van der Waals surface area contributed by atoms with Gasteiger partial charge in [-0.1, -0.05) is 48.5 Å². The second-order valence-electron chi connectivity index (χ2n) is 7.97. The smallest absolute Gasteiger partial charge is 0.287 e. The number of pyridine rings is 1. The van der Waals surface area contributed by atoms with Crippen LogP contribution in [0.5, 0.6) is 0 Å². The molecule has 32 heavy (non-hydrogen) atoms. The van der Waals surface area contributed by atoms with E-state index in [2.05, 4.69) is 53.3 Å². The van der Waals surface area contributed by atoms with E-state index >= 15 is 0 Å². The minimum Gasteiger partial charge on any atom is -0.372 e. The van der Waals surface area contributed by atoms with Crippen LogP contribution in [0.4, 0.5) is 17.2 Å². The number of aromatic nitrogens is 1. The van der Waals surface area contributed by atoms with E-state index in [0.717, 1.165) is 41.1 Å². The predicted molar refractivity (Wildman–Crippen MR) is 130 cm³/mol. The maximum absolute atomic E-state index is 13.8. The van der Waals surface area contributed by atoms with Crippen LogP contribution in [0.2, 0.25) is 0 Å². The van der Waals surface area contributed by atoms with Gasteiger partial charge in [-0.3, -0.25) is 9.69 Å². The predicted octanol–water partition coefficient (Wildman–Crippen LogP) is 5.27. The first kappa shape index (κ1) is 20.1. The lowest BCUT2D eigenvalue weighted by Crippen LogP contribution is -2.45. The van der Waals surface area contributed by atoms with Gasteiger partial charge in [0.1, 0.15) is 11.1 Å². The molecule has 0 spiro atoms. The Bertz CT molecular complexity index is 1250. The summed E-state index contributed by atoms with van der Waals surface area (Å²) >= 11 is 0. The van der Waals surface area contributed by atoms with E-state index in [9.17, 15) is 4.79 Å². The molecule has 1 amide bonds. The highest BCUT2D eigenvalue weighted by atomic mass is 16.2. The van der Waals surface area contributed by atoms with E-state index in [0.29, 0.717) is 5.56 Å². The first-order chi connectivity index (χ1) is 15.7. The number of hydrogen-bond donors (Lipinski definition) is 1. The van der Waals surface area contributed by atoms with Crippen LogP contribution in [0.3, 0.4) is 0 Å². The number of H-pyrrole nitrogens is 1. The molecule has 1 aliphatic heterocycles. The number of carbonyl (C=O) groups excluding carboxylic acids is 1. The number of nitrogens with one attached hydrogen (secondary N) is 2. The molecule has 4 aromatic rings. The zero-order valence-corrected chi connectivity index (χ0v) is 18.4. The molecule has 1 aromatic heterocycles. The molecule has 3 aromatic carbocycles. The zero-order valence-electron chi connectivity index (χ0n) is 18.4. The summed E-state index contributed by atoms with van der Waals surface area (Å²) in [6.07, 6.45) is -0.319. The summed E-state index contributed by atoms with van der Waals surface area (Å²) in [5.74, 6) is 0.725. The molecule has 5 heteroatoms. The number of anilines is 3. The van der Waals surface area contributed by atoms with Gasteiger partial charge in [0.05, 0.1) is 0 Å². The Morgan fingerprint density at radius 2 is 1.59 bits per heavy atom. The summed E-state index contributed by atoms with van der Waals surface area (Å²) in [6, 6.07) is 28.3. The first-order valence-electron chi connectivity index (χ1n) is 11.1. The third-order valence-corrected chi connectivity index (χ3v) is 6.15. The quantitative estimate of drug-likeness (QED) is 0.476. The van der Waals surface area contributed by atoms with Gasteiger partial charge in [0, 0.05) is 35.4 Å². The van der Waals surface area contributed by atoms with Crippen molar-refractivity contribution in [2.45, 2.75) is 20.0 Å². The Morgan fingerprint density at radius 1 is 0.906 bits per heavy atom. The molecule has 0 unspecified atom stereocenters. The van der Waals surface area contributed by atoms with Crippen LogP contribution in [-0.4, -0.2) is 19.0 Å². The molecular weight excluding hydrogens is 396 g/mol. The summed E-state index contributed by atoms with van der Waals surface area (Å²) in [4.78, 5) is 21.4. The molecule has 0 bridgehead atoms. The lowest BCUT2D eigenvalue weighted by molar-refractivity contribution is -0.328. The van der Waals surface area contributed by atoms with Crippen molar-refractivity contribution < 1.29 is 9.78 Å². The maximum Gasteiger partial charge on any atom is 0.287 e. The number of amides is 1. The standard InChI is InChI=1S/C27H26N4O/c1-3-30(4-2)21-16-14-19(15-17-21)26-29-25-23(18-20-10-8-9-13-24(20)28-25)27(32)31(26)22-11-6-5-7-12-22/h5-18,26H,3-4H2,1-2H3,(H,28,29)/p+1/t26-/m0/s1.